The van der Waals surface area contributed by atoms with Gasteiger partial charge in [-0.1, -0.05) is 0 Å². The molecule has 0 aliphatic carbocycles. The summed E-state index contributed by atoms with van der Waals surface area (Å²) in [5.41, 5.74) is 0.548. The number of piperazine rings is 1. The van der Waals surface area contributed by atoms with Crippen LogP contribution in [-0.2, 0) is 0 Å². The number of aromatic nitrogens is 1. The van der Waals surface area contributed by atoms with E-state index in [1.165, 1.54) is 12.6 Å². The summed E-state index contributed by atoms with van der Waals surface area (Å²) in [6, 6.07) is 3.52. The minimum atomic E-state index is -0.0461. The third-order valence-electron chi connectivity index (χ3n) is 4.66. The van der Waals surface area contributed by atoms with Crippen molar-refractivity contribution in [3.05, 3.63) is 23.9 Å². The van der Waals surface area contributed by atoms with Gasteiger partial charge in [0.1, 0.15) is 0 Å². The van der Waals surface area contributed by atoms with Crippen molar-refractivity contribution in [1.82, 2.24) is 19.7 Å². The van der Waals surface area contributed by atoms with Crippen LogP contribution in [0, 0.1) is 0 Å². The van der Waals surface area contributed by atoms with Crippen molar-refractivity contribution in [3.63, 3.8) is 0 Å². The van der Waals surface area contributed by atoms with Crippen molar-refractivity contribution in [2.45, 2.75) is 19.3 Å². The number of rotatable bonds is 2. The second-order valence-corrected chi connectivity index (χ2v) is 6.20. The highest BCUT2D eigenvalue weighted by molar-refractivity contribution is 5.94. The monoisotopic (exact) mass is 332 g/mol. The third kappa shape index (κ3) is 3.60. The summed E-state index contributed by atoms with van der Waals surface area (Å²) in [6.45, 7) is 4.01. The fourth-order valence-corrected chi connectivity index (χ4v) is 3.20. The van der Waals surface area contributed by atoms with Gasteiger partial charge in [-0.2, -0.15) is 0 Å². The zero-order valence-electron chi connectivity index (χ0n) is 14.1. The van der Waals surface area contributed by atoms with Gasteiger partial charge in [0, 0.05) is 51.5 Å². The Balaban J connectivity index is 1.54. The molecule has 0 spiro atoms. The summed E-state index contributed by atoms with van der Waals surface area (Å²) in [5, 5.41) is 0. The first-order valence-corrected chi connectivity index (χ1v) is 8.52. The Morgan fingerprint density at radius 3 is 2.12 bits per heavy atom. The molecule has 0 atom stereocenters. The lowest BCUT2D eigenvalue weighted by Crippen LogP contribution is -2.54. The van der Waals surface area contributed by atoms with Gasteiger partial charge in [-0.15, -0.1) is 0 Å². The smallest absolute Gasteiger partial charge is 0.320 e. The molecule has 1 aromatic rings. The van der Waals surface area contributed by atoms with Crippen LogP contribution < -0.4 is 4.74 Å². The fraction of sp³-hybridized carbons (Fsp3) is 0.588. The van der Waals surface area contributed by atoms with Crippen molar-refractivity contribution in [1.29, 1.82) is 0 Å². The minimum Gasteiger partial charge on any atom is -0.481 e. The average molecular weight is 332 g/mol. The number of hydrogen-bond acceptors (Lipinski definition) is 4. The van der Waals surface area contributed by atoms with Gasteiger partial charge in [0.25, 0.3) is 5.91 Å². The predicted octanol–water partition coefficient (Wildman–Crippen LogP) is 1.45. The van der Waals surface area contributed by atoms with E-state index in [2.05, 4.69) is 4.98 Å². The van der Waals surface area contributed by atoms with Crippen molar-refractivity contribution in [2.24, 2.45) is 0 Å². The first kappa shape index (κ1) is 16.5. The van der Waals surface area contributed by atoms with E-state index in [-0.39, 0.29) is 11.9 Å². The molecule has 2 saturated heterocycles. The molecule has 3 heterocycles. The molecule has 0 radical (unpaired) electrons. The lowest BCUT2D eigenvalue weighted by atomic mass is 10.1. The lowest BCUT2D eigenvalue weighted by molar-refractivity contribution is 0.0632. The van der Waals surface area contributed by atoms with Gasteiger partial charge < -0.3 is 19.4 Å². The van der Waals surface area contributed by atoms with Crippen molar-refractivity contribution in [2.75, 3.05) is 46.4 Å². The Hall–Kier alpha value is -2.31. The largest absolute Gasteiger partial charge is 0.481 e. The van der Waals surface area contributed by atoms with E-state index in [1.807, 2.05) is 9.80 Å². The van der Waals surface area contributed by atoms with E-state index in [4.69, 9.17) is 4.74 Å². The number of likely N-dealkylation sites (tertiary alicyclic amines) is 1. The molecule has 3 rings (SSSR count). The van der Waals surface area contributed by atoms with Gasteiger partial charge in [0.15, 0.2) is 0 Å². The van der Waals surface area contributed by atoms with Crippen LogP contribution in [0.4, 0.5) is 4.79 Å². The maximum Gasteiger partial charge on any atom is 0.320 e. The molecule has 0 N–H and O–H groups in total. The van der Waals surface area contributed by atoms with Gasteiger partial charge in [0.05, 0.1) is 12.7 Å². The summed E-state index contributed by atoms with van der Waals surface area (Å²) in [4.78, 5) is 34.7. The van der Waals surface area contributed by atoms with Crippen LogP contribution in [0.2, 0.25) is 0 Å². The number of pyridine rings is 1. The van der Waals surface area contributed by atoms with Gasteiger partial charge in [0.2, 0.25) is 5.88 Å². The Labute approximate surface area is 142 Å². The summed E-state index contributed by atoms with van der Waals surface area (Å²) >= 11 is 0. The molecule has 24 heavy (non-hydrogen) atoms. The molecule has 7 nitrogen and oxygen atoms in total. The number of methoxy groups -OCH3 is 1. The zero-order chi connectivity index (χ0) is 16.9. The van der Waals surface area contributed by atoms with Gasteiger partial charge in [-0.25, -0.2) is 9.78 Å². The van der Waals surface area contributed by atoms with Crippen molar-refractivity contribution >= 4 is 11.9 Å². The highest BCUT2D eigenvalue weighted by atomic mass is 16.5. The van der Waals surface area contributed by atoms with E-state index >= 15 is 0 Å². The SMILES string of the molecule is COc1ccc(C(=O)N2CCN(C(=O)N3CCCCC3)CC2)cn1. The summed E-state index contributed by atoms with van der Waals surface area (Å²) < 4.78 is 5.01. The van der Waals surface area contributed by atoms with E-state index < -0.39 is 0 Å². The topological polar surface area (TPSA) is 66.0 Å². The number of hydrogen-bond donors (Lipinski definition) is 0. The molecule has 1 aromatic heterocycles. The standard InChI is InChI=1S/C17H24N4O3/c1-24-15-6-5-14(13-18-15)16(22)19-9-11-21(12-10-19)17(23)20-7-3-2-4-8-20/h5-6,13H,2-4,7-12H2,1H3. The maximum atomic E-state index is 12.5. The molecule has 0 bridgehead atoms. The number of carbonyl (C=O) groups excluding carboxylic acids is 2. The van der Waals surface area contributed by atoms with E-state index in [0.29, 0.717) is 37.6 Å². The number of ether oxygens (including phenoxy) is 1. The summed E-state index contributed by atoms with van der Waals surface area (Å²) in [7, 11) is 1.54. The van der Waals surface area contributed by atoms with Crippen LogP contribution in [-0.4, -0.2) is 78.0 Å². The molecule has 0 aromatic carbocycles. The number of nitrogens with zero attached hydrogens (tertiary/aromatic N) is 4. The van der Waals surface area contributed by atoms with E-state index in [1.54, 1.807) is 24.1 Å². The van der Waals surface area contributed by atoms with Gasteiger partial charge in [-0.3, -0.25) is 4.79 Å². The average Bonchev–Trinajstić information content (AvgIpc) is 2.68. The van der Waals surface area contributed by atoms with Crippen LogP contribution in [0.5, 0.6) is 5.88 Å². The molecular formula is C17H24N4O3. The normalized spacial score (nSPS) is 18.5. The minimum absolute atomic E-state index is 0.0461. The number of urea groups is 1. The van der Waals surface area contributed by atoms with Crippen LogP contribution in [0.25, 0.3) is 0 Å². The fourth-order valence-electron chi connectivity index (χ4n) is 3.20. The molecule has 7 heteroatoms. The number of piperidine rings is 1. The van der Waals surface area contributed by atoms with Gasteiger partial charge >= 0.3 is 6.03 Å². The zero-order valence-corrected chi connectivity index (χ0v) is 14.1. The van der Waals surface area contributed by atoms with Gasteiger partial charge in [-0.05, 0) is 25.3 Å². The Bertz CT molecular complexity index is 576. The molecular weight excluding hydrogens is 308 g/mol. The summed E-state index contributed by atoms with van der Waals surface area (Å²) in [5.74, 6) is 0.443. The van der Waals surface area contributed by atoms with Crippen molar-refractivity contribution < 1.29 is 14.3 Å². The highest BCUT2D eigenvalue weighted by Gasteiger charge is 2.28. The molecule has 130 valence electrons. The lowest BCUT2D eigenvalue weighted by Gasteiger charge is -2.38. The van der Waals surface area contributed by atoms with Crippen molar-refractivity contribution in [3.8, 4) is 5.88 Å². The summed E-state index contributed by atoms with van der Waals surface area (Å²) in [6.07, 6.45) is 4.93. The van der Waals surface area contributed by atoms with E-state index in [9.17, 15) is 9.59 Å². The van der Waals surface area contributed by atoms with E-state index in [0.717, 1.165) is 25.9 Å². The van der Waals surface area contributed by atoms with Crippen LogP contribution in [0.3, 0.4) is 0 Å². The predicted molar refractivity (Wildman–Crippen MR) is 89.1 cm³/mol. The Morgan fingerprint density at radius 2 is 1.54 bits per heavy atom. The Kier molecular flexibility index (Phi) is 5.17. The molecule has 2 fully saturated rings. The molecule has 2 aliphatic heterocycles. The first-order chi connectivity index (χ1) is 11.7. The highest BCUT2D eigenvalue weighted by Crippen LogP contribution is 2.15. The number of carbonyl (C=O) groups is 2. The second-order valence-electron chi connectivity index (χ2n) is 6.20. The number of amides is 3. The Morgan fingerprint density at radius 1 is 0.917 bits per heavy atom. The molecule has 3 amide bonds. The third-order valence-corrected chi connectivity index (χ3v) is 4.66. The molecule has 2 aliphatic rings. The van der Waals surface area contributed by atoms with Crippen LogP contribution >= 0.6 is 0 Å². The molecule has 0 saturated carbocycles. The quantitative estimate of drug-likeness (QED) is 0.822. The maximum absolute atomic E-state index is 12.5. The van der Waals surface area contributed by atoms with Crippen LogP contribution in [0.15, 0.2) is 18.3 Å². The second kappa shape index (κ2) is 7.51. The van der Waals surface area contributed by atoms with Crippen LogP contribution in [0.1, 0.15) is 29.6 Å². The first-order valence-electron chi connectivity index (χ1n) is 8.52. The molecule has 0 unspecified atom stereocenters.